The van der Waals surface area contributed by atoms with Crippen LogP contribution in [0.4, 0.5) is 0 Å². The zero-order valence-electron chi connectivity index (χ0n) is 12.8. The number of aryl methyl sites for hydroxylation is 1. The molecule has 0 aromatic carbocycles. The summed E-state index contributed by atoms with van der Waals surface area (Å²) in [5.74, 6) is 0.882. The number of carbonyl (C=O) groups excluding carboxylic acids is 2. The van der Waals surface area contributed by atoms with Gasteiger partial charge in [0.05, 0.1) is 19.1 Å². The van der Waals surface area contributed by atoms with Crippen LogP contribution in [-0.4, -0.2) is 77.0 Å². The zero-order chi connectivity index (χ0) is 15.5. The van der Waals surface area contributed by atoms with E-state index >= 15 is 0 Å². The van der Waals surface area contributed by atoms with E-state index in [-0.39, 0.29) is 24.4 Å². The van der Waals surface area contributed by atoms with Crippen LogP contribution < -0.4 is 10.6 Å². The maximum Gasteiger partial charge on any atom is 0.239 e. The van der Waals surface area contributed by atoms with E-state index in [9.17, 15) is 9.59 Å². The average molecular weight is 306 g/mol. The number of piperazine rings is 2. The van der Waals surface area contributed by atoms with Gasteiger partial charge in [0.1, 0.15) is 5.82 Å². The van der Waals surface area contributed by atoms with Gasteiger partial charge in [0.25, 0.3) is 0 Å². The molecular weight excluding hydrogens is 284 g/mol. The van der Waals surface area contributed by atoms with E-state index in [0.717, 1.165) is 25.5 Å². The molecule has 2 amide bonds. The van der Waals surface area contributed by atoms with Crippen molar-refractivity contribution in [3.05, 3.63) is 18.2 Å². The van der Waals surface area contributed by atoms with Gasteiger partial charge in [-0.2, -0.15) is 0 Å². The molecule has 0 saturated carbocycles. The fourth-order valence-electron chi connectivity index (χ4n) is 3.01. The van der Waals surface area contributed by atoms with Crippen LogP contribution in [0, 0.1) is 0 Å². The van der Waals surface area contributed by atoms with Gasteiger partial charge in [0.15, 0.2) is 0 Å². The molecule has 2 N–H and O–H groups in total. The van der Waals surface area contributed by atoms with Gasteiger partial charge in [-0.3, -0.25) is 14.5 Å². The first-order valence-electron chi connectivity index (χ1n) is 7.61. The van der Waals surface area contributed by atoms with Crippen LogP contribution in [0.1, 0.15) is 11.9 Å². The Balaban J connectivity index is 1.67. The number of hydrogen-bond donors (Lipinski definition) is 2. The summed E-state index contributed by atoms with van der Waals surface area (Å²) in [5.41, 5.74) is 0. The monoisotopic (exact) mass is 306 g/mol. The first kappa shape index (κ1) is 15.0. The first-order chi connectivity index (χ1) is 10.6. The van der Waals surface area contributed by atoms with Gasteiger partial charge in [-0.25, -0.2) is 4.98 Å². The first-order valence-corrected chi connectivity index (χ1v) is 7.61. The number of rotatable bonds is 3. The zero-order valence-corrected chi connectivity index (χ0v) is 12.8. The number of nitrogens with one attached hydrogen (secondary N) is 2. The van der Waals surface area contributed by atoms with Gasteiger partial charge >= 0.3 is 0 Å². The van der Waals surface area contributed by atoms with Crippen molar-refractivity contribution < 1.29 is 9.59 Å². The third kappa shape index (κ3) is 3.12. The summed E-state index contributed by atoms with van der Waals surface area (Å²) in [7, 11) is 1.96. The van der Waals surface area contributed by atoms with Gasteiger partial charge in [-0.15, -0.1) is 0 Å². The Bertz CT molecular complexity index is 557. The second-order valence-electron chi connectivity index (χ2n) is 5.75. The summed E-state index contributed by atoms with van der Waals surface area (Å²) >= 11 is 0. The Morgan fingerprint density at radius 1 is 1.41 bits per heavy atom. The molecular formula is C14H22N6O2. The predicted octanol–water partition coefficient (Wildman–Crippen LogP) is -1.68. The van der Waals surface area contributed by atoms with Crippen molar-refractivity contribution >= 4 is 11.8 Å². The van der Waals surface area contributed by atoms with E-state index in [2.05, 4.69) is 20.5 Å². The van der Waals surface area contributed by atoms with E-state index in [4.69, 9.17) is 0 Å². The largest absolute Gasteiger partial charge is 0.353 e. The van der Waals surface area contributed by atoms with E-state index in [0.29, 0.717) is 19.6 Å². The quantitative estimate of drug-likeness (QED) is 0.697. The summed E-state index contributed by atoms with van der Waals surface area (Å²) in [6, 6.07) is 0.0799. The van der Waals surface area contributed by atoms with Crippen LogP contribution >= 0.6 is 0 Å². The van der Waals surface area contributed by atoms with Crippen LogP contribution in [0.5, 0.6) is 0 Å². The summed E-state index contributed by atoms with van der Waals surface area (Å²) < 4.78 is 1.99. The molecule has 3 rings (SSSR count). The molecule has 22 heavy (non-hydrogen) atoms. The molecule has 8 heteroatoms. The van der Waals surface area contributed by atoms with Crippen molar-refractivity contribution in [1.29, 1.82) is 0 Å². The molecule has 3 heterocycles. The minimum absolute atomic E-state index is 0.0101. The van der Waals surface area contributed by atoms with Crippen LogP contribution in [0.3, 0.4) is 0 Å². The maximum absolute atomic E-state index is 12.5. The molecule has 2 aliphatic heterocycles. The van der Waals surface area contributed by atoms with Crippen LogP contribution in [0.2, 0.25) is 0 Å². The molecule has 2 saturated heterocycles. The minimum Gasteiger partial charge on any atom is -0.353 e. The Morgan fingerprint density at radius 2 is 2.27 bits per heavy atom. The third-order valence-electron chi connectivity index (χ3n) is 4.24. The highest BCUT2D eigenvalue weighted by atomic mass is 16.2. The molecule has 2 fully saturated rings. The van der Waals surface area contributed by atoms with Crippen molar-refractivity contribution in [3.63, 3.8) is 0 Å². The molecule has 1 aromatic rings. The van der Waals surface area contributed by atoms with Crippen molar-refractivity contribution in [1.82, 2.24) is 30.0 Å². The Morgan fingerprint density at radius 3 is 3.00 bits per heavy atom. The van der Waals surface area contributed by atoms with Crippen LogP contribution in [-0.2, 0) is 16.6 Å². The molecule has 2 aliphatic rings. The fourth-order valence-corrected chi connectivity index (χ4v) is 3.01. The summed E-state index contributed by atoms with van der Waals surface area (Å²) in [6.07, 6.45) is 3.69. The number of imidazole rings is 1. The standard InChI is InChI=1S/C14H22N6O2/c1-18-5-3-17-14(18)11-8-15-2-6-19(11)10-13(22)20-7-4-16-12(21)9-20/h3,5,11,15H,2,4,6-10H2,1H3,(H,16,21). The van der Waals surface area contributed by atoms with Gasteiger partial charge in [-0.05, 0) is 0 Å². The number of hydrogen-bond acceptors (Lipinski definition) is 5. The van der Waals surface area contributed by atoms with Crippen molar-refractivity contribution in [2.45, 2.75) is 6.04 Å². The Kier molecular flexibility index (Phi) is 4.39. The van der Waals surface area contributed by atoms with Gasteiger partial charge < -0.3 is 20.1 Å². The Labute approximate surface area is 129 Å². The lowest BCUT2D eigenvalue weighted by Crippen LogP contribution is -2.55. The molecule has 0 bridgehead atoms. The highest BCUT2D eigenvalue weighted by molar-refractivity contribution is 5.86. The molecule has 0 spiro atoms. The lowest BCUT2D eigenvalue weighted by atomic mass is 10.1. The highest BCUT2D eigenvalue weighted by Gasteiger charge is 2.30. The average Bonchev–Trinajstić information content (AvgIpc) is 2.94. The number of amides is 2. The van der Waals surface area contributed by atoms with Gasteiger partial charge in [0, 0.05) is 52.2 Å². The lowest BCUT2D eigenvalue weighted by Gasteiger charge is -2.37. The molecule has 120 valence electrons. The van der Waals surface area contributed by atoms with Crippen molar-refractivity contribution in [3.8, 4) is 0 Å². The SMILES string of the molecule is Cn1ccnc1C1CNCCN1CC(=O)N1CCNC(=O)C1. The second kappa shape index (κ2) is 6.45. The van der Waals surface area contributed by atoms with Gasteiger partial charge in [0.2, 0.25) is 11.8 Å². The normalized spacial score (nSPS) is 23.4. The fraction of sp³-hybridized carbons (Fsp3) is 0.643. The molecule has 1 atom stereocenters. The smallest absolute Gasteiger partial charge is 0.239 e. The molecule has 8 nitrogen and oxygen atoms in total. The second-order valence-corrected chi connectivity index (χ2v) is 5.75. The lowest BCUT2D eigenvalue weighted by molar-refractivity contribution is -0.139. The summed E-state index contributed by atoms with van der Waals surface area (Å²) in [6.45, 7) is 4.04. The maximum atomic E-state index is 12.5. The minimum atomic E-state index is -0.0828. The van der Waals surface area contributed by atoms with Crippen LogP contribution in [0.25, 0.3) is 0 Å². The highest BCUT2D eigenvalue weighted by Crippen LogP contribution is 2.20. The van der Waals surface area contributed by atoms with Gasteiger partial charge in [-0.1, -0.05) is 0 Å². The van der Waals surface area contributed by atoms with Crippen molar-refractivity contribution in [2.24, 2.45) is 7.05 Å². The Hall–Kier alpha value is -1.93. The molecule has 0 radical (unpaired) electrons. The number of nitrogens with zero attached hydrogens (tertiary/aromatic N) is 4. The third-order valence-corrected chi connectivity index (χ3v) is 4.24. The van der Waals surface area contributed by atoms with E-state index in [1.165, 1.54) is 0 Å². The number of carbonyl (C=O) groups is 2. The van der Waals surface area contributed by atoms with Crippen LogP contribution in [0.15, 0.2) is 12.4 Å². The van der Waals surface area contributed by atoms with E-state index < -0.39 is 0 Å². The molecule has 1 aromatic heterocycles. The summed E-state index contributed by atoms with van der Waals surface area (Å²) in [5, 5.41) is 6.10. The van der Waals surface area contributed by atoms with Crippen molar-refractivity contribution in [2.75, 3.05) is 45.8 Å². The topological polar surface area (TPSA) is 82.5 Å². The van der Waals surface area contributed by atoms with E-state index in [1.54, 1.807) is 11.1 Å². The molecule has 0 aliphatic carbocycles. The number of aromatic nitrogens is 2. The summed E-state index contributed by atoms with van der Waals surface area (Å²) in [4.78, 5) is 32.1. The molecule has 1 unspecified atom stereocenters. The predicted molar refractivity (Wildman–Crippen MR) is 80.0 cm³/mol. The van der Waals surface area contributed by atoms with E-state index in [1.807, 2.05) is 17.8 Å².